The van der Waals surface area contributed by atoms with Crippen molar-refractivity contribution in [2.75, 3.05) is 16.9 Å². The van der Waals surface area contributed by atoms with E-state index in [1.807, 2.05) is 0 Å². The lowest BCUT2D eigenvalue weighted by Crippen LogP contribution is -2.44. The molecule has 3 heteroatoms. The highest BCUT2D eigenvalue weighted by Gasteiger charge is 2.32. The zero-order valence-corrected chi connectivity index (χ0v) is 9.68. The summed E-state index contributed by atoms with van der Waals surface area (Å²) in [5, 5.41) is 0. The van der Waals surface area contributed by atoms with E-state index < -0.39 is 0 Å². The van der Waals surface area contributed by atoms with Crippen molar-refractivity contribution in [2.45, 2.75) is 26.3 Å². The van der Waals surface area contributed by atoms with E-state index in [9.17, 15) is 0 Å². The molecule has 0 radical (unpaired) electrons. The van der Waals surface area contributed by atoms with Gasteiger partial charge >= 0.3 is 0 Å². The van der Waals surface area contributed by atoms with Crippen LogP contribution in [-0.4, -0.2) is 22.2 Å². The lowest BCUT2D eigenvalue weighted by molar-refractivity contribution is 0.291. The molecule has 14 heavy (non-hydrogen) atoms. The van der Waals surface area contributed by atoms with Crippen LogP contribution in [0.2, 0.25) is 0 Å². The Balaban J connectivity index is 2.02. The Hall–Kier alpha value is -0.570. The van der Waals surface area contributed by atoms with Gasteiger partial charge in [-0.3, -0.25) is 4.68 Å². The van der Waals surface area contributed by atoms with E-state index in [0.29, 0.717) is 11.5 Å². The highest BCUT2D eigenvalue weighted by Crippen LogP contribution is 2.34. The molecule has 1 aliphatic heterocycles. The summed E-state index contributed by atoms with van der Waals surface area (Å²) in [5.41, 5.74) is 3.96. The number of thioether (sulfide) groups is 1. The van der Waals surface area contributed by atoms with Gasteiger partial charge in [-0.05, 0) is 29.7 Å². The monoisotopic (exact) mass is 210 g/mol. The summed E-state index contributed by atoms with van der Waals surface area (Å²) >= 11 is 2.05. The fourth-order valence-electron chi connectivity index (χ4n) is 1.75. The summed E-state index contributed by atoms with van der Waals surface area (Å²) in [6.07, 6.45) is 5.43. The molecule has 2 heterocycles. The van der Waals surface area contributed by atoms with Gasteiger partial charge in [-0.25, -0.2) is 0 Å². The van der Waals surface area contributed by atoms with E-state index in [0.717, 1.165) is 0 Å². The second kappa shape index (κ2) is 3.89. The Morgan fingerprint density at radius 3 is 2.71 bits per heavy atom. The maximum atomic E-state index is 3.55. The number of hydrogen-bond acceptors (Lipinski definition) is 2. The lowest BCUT2D eigenvalue weighted by Gasteiger charge is -2.39. The first-order valence-corrected chi connectivity index (χ1v) is 6.31. The molecule has 0 aliphatic carbocycles. The van der Waals surface area contributed by atoms with Gasteiger partial charge in [-0.15, -0.1) is 0 Å². The van der Waals surface area contributed by atoms with Gasteiger partial charge in [0.25, 0.3) is 0 Å². The Bertz CT molecular complexity index is 279. The molecule has 78 valence electrons. The molecular formula is C11H18N2S. The van der Waals surface area contributed by atoms with Gasteiger partial charge < -0.3 is 5.43 Å². The van der Waals surface area contributed by atoms with Crippen LogP contribution in [0.1, 0.15) is 20.3 Å². The molecule has 1 N–H and O–H groups in total. The van der Waals surface area contributed by atoms with Crippen LogP contribution < -0.4 is 5.43 Å². The number of hydrogen-bond donors (Lipinski definition) is 1. The molecule has 0 amide bonds. The number of rotatable bonds is 2. The zero-order valence-electron chi connectivity index (χ0n) is 8.86. The minimum Gasteiger partial charge on any atom is -0.322 e. The quantitative estimate of drug-likeness (QED) is 0.808. The van der Waals surface area contributed by atoms with Crippen LogP contribution in [0.25, 0.3) is 0 Å². The highest BCUT2D eigenvalue weighted by molar-refractivity contribution is 7.99. The largest absolute Gasteiger partial charge is 0.322 e. The second-order valence-corrected chi connectivity index (χ2v) is 5.74. The molecule has 1 atom stereocenters. The molecule has 2 nitrogen and oxygen atoms in total. The van der Waals surface area contributed by atoms with Crippen LogP contribution in [0.15, 0.2) is 24.5 Å². The van der Waals surface area contributed by atoms with Crippen LogP contribution in [0.5, 0.6) is 0 Å². The Morgan fingerprint density at radius 2 is 2.07 bits per heavy atom. The van der Waals surface area contributed by atoms with E-state index >= 15 is 0 Å². The van der Waals surface area contributed by atoms with Crippen LogP contribution in [0.4, 0.5) is 0 Å². The van der Waals surface area contributed by atoms with Crippen LogP contribution >= 0.6 is 11.8 Å². The predicted molar refractivity (Wildman–Crippen MR) is 63.3 cm³/mol. The summed E-state index contributed by atoms with van der Waals surface area (Å²) in [5.74, 6) is 2.52. The minimum absolute atomic E-state index is 0.412. The molecule has 1 aromatic heterocycles. The Kier molecular flexibility index (Phi) is 2.77. The minimum atomic E-state index is 0.412. The molecule has 2 rings (SSSR count). The van der Waals surface area contributed by atoms with Crippen LogP contribution in [0, 0.1) is 5.41 Å². The van der Waals surface area contributed by atoms with Gasteiger partial charge in [0.05, 0.1) is 6.04 Å². The van der Waals surface area contributed by atoms with Crippen molar-refractivity contribution in [3.8, 4) is 0 Å². The molecule has 1 unspecified atom stereocenters. The second-order valence-electron chi connectivity index (χ2n) is 4.59. The van der Waals surface area contributed by atoms with Gasteiger partial charge in [0.1, 0.15) is 0 Å². The third kappa shape index (κ3) is 2.08. The molecule has 0 spiro atoms. The first-order valence-electron chi connectivity index (χ1n) is 5.16. The third-order valence-electron chi connectivity index (χ3n) is 3.03. The summed E-state index contributed by atoms with van der Waals surface area (Å²) in [6.45, 7) is 4.71. The first-order chi connectivity index (χ1) is 6.68. The Labute approximate surface area is 90.0 Å². The van der Waals surface area contributed by atoms with Crippen molar-refractivity contribution < 1.29 is 0 Å². The van der Waals surface area contributed by atoms with E-state index in [1.165, 1.54) is 17.9 Å². The predicted octanol–water partition coefficient (Wildman–Crippen LogP) is 2.56. The SMILES string of the molecule is CC1(C)CCSCC1Nn1cccc1. The van der Waals surface area contributed by atoms with Gasteiger partial charge in [0.2, 0.25) is 0 Å². The molecule has 1 aliphatic rings. The van der Waals surface area contributed by atoms with Gasteiger partial charge in [-0.2, -0.15) is 11.8 Å². The number of nitrogens with one attached hydrogen (secondary N) is 1. The summed E-state index contributed by atoms with van der Waals surface area (Å²) in [7, 11) is 0. The van der Waals surface area contributed by atoms with Gasteiger partial charge in [0.15, 0.2) is 0 Å². The van der Waals surface area contributed by atoms with E-state index in [1.54, 1.807) is 0 Å². The highest BCUT2D eigenvalue weighted by atomic mass is 32.2. The van der Waals surface area contributed by atoms with Crippen molar-refractivity contribution in [2.24, 2.45) is 5.41 Å². The number of nitrogens with zero attached hydrogens (tertiary/aromatic N) is 1. The molecule has 0 bridgehead atoms. The maximum absolute atomic E-state index is 3.55. The molecule has 1 fully saturated rings. The molecular weight excluding hydrogens is 192 g/mol. The summed E-state index contributed by atoms with van der Waals surface area (Å²) in [4.78, 5) is 0. The van der Waals surface area contributed by atoms with Crippen molar-refractivity contribution in [1.82, 2.24) is 4.68 Å². The standard InChI is InChI=1S/C11H18N2S/c1-11(2)5-8-14-9-10(11)12-13-6-3-4-7-13/h3-4,6-7,10,12H,5,8-9H2,1-2H3. The summed E-state index contributed by atoms with van der Waals surface area (Å²) in [6, 6.07) is 4.68. The third-order valence-corrected chi connectivity index (χ3v) is 4.09. The van der Waals surface area contributed by atoms with Crippen LogP contribution in [-0.2, 0) is 0 Å². The van der Waals surface area contributed by atoms with Crippen molar-refractivity contribution in [3.05, 3.63) is 24.5 Å². The van der Waals surface area contributed by atoms with E-state index in [-0.39, 0.29) is 0 Å². The topological polar surface area (TPSA) is 17.0 Å². The van der Waals surface area contributed by atoms with Gasteiger partial charge in [-0.1, -0.05) is 13.8 Å². The van der Waals surface area contributed by atoms with Crippen molar-refractivity contribution in [1.29, 1.82) is 0 Å². The van der Waals surface area contributed by atoms with Crippen molar-refractivity contribution in [3.63, 3.8) is 0 Å². The lowest BCUT2D eigenvalue weighted by atomic mass is 9.83. The average molecular weight is 210 g/mol. The van der Waals surface area contributed by atoms with E-state index in [4.69, 9.17) is 0 Å². The average Bonchev–Trinajstić information content (AvgIpc) is 2.61. The summed E-state index contributed by atoms with van der Waals surface area (Å²) < 4.78 is 2.07. The number of aromatic nitrogens is 1. The molecule has 1 aromatic rings. The normalized spacial score (nSPS) is 26.0. The maximum Gasteiger partial charge on any atom is 0.0565 e. The van der Waals surface area contributed by atoms with Gasteiger partial charge in [0, 0.05) is 18.1 Å². The van der Waals surface area contributed by atoms with Crippen molar-refractivity contribution >= 4 is 11.8 Å². The fourth-order valence-corrected chi connectivity index (χ4v) is 3.35. The smallest absolute Gasteiger partial charge is 0.0565 e. The zero-order chi connectivity index (χ0) is 10.0. The van der Waals surface area contributed by atoms with Crippen LogP contribution in [0.3, 0.4) is 0 Å². The molecule has 0 aromatic carbocycles. The fraction of sp³-hybridized carbons (Fsp3) is 0.636. The first kappa shape index (κ1) is 9.97. The Morgan fingerprint density at radius 1 is 1.36 bits per heavy atom. The van der Waals surface area contributed by atoms with E-state index in [2.05, 4.69) is 60.2 Å². The molecule has 0 saturated carbocycles. The molecule has 1 saturated heterocycles.